The van der Waals surface area contributed by atoms with Crippen LogP contribution in [0.15, 0.2) is 26.0 Å². The number of hydrogen-bond acceptors (Lipinski definition) is 3. The quantitative estimate of drug-likeness (QED) is 0.701. The molecule has 0 aliphatic heterocycles. The highest BCUT2D eigenvalue weighted by molar-refractivity contribution is 9.11. The topological polar surface area (TPSA) is 72.2 Å². The number of nitrogens with two attached hydrogens (primary N) is 1. The molecule has 0 radical (unpaired) electrons. The third kappa shape index (κ3) is 4.00. The highest BCUT2D eigenvalue weighted by Crippen LogP contribution is 2.34. The SMILES string of the molecule is CC1CCC(NS(=O)(=O)c2c(Br)cc(N)cc2Br)CC1C. The van der Waals surface area contributed by atoms with Gasteiger partial charge in [0.2, 0.25) is 10.0 Å². The first-order valence-electron chi connectivity index (χ1n) is 6.97. The van der Waals surface area contributed by atoms with Crippen molar-refractivity contribution in [2.24, 2.45) is 11.8 Å². The number of benzene rings is 1. The number of hydrogen-bond donors (Lipinski definition) is 2. The molecule has 0 spiro atoms. The van der Waals surface area contributed by atoms with Crippen LogP contribution in [0.25, 0.3) is 0 Å². The van der Waals surface area contributed by atoms with Crippen LogP contribution in [0, 0.1) is 11.8 Å². The molecule has 1 aliphatic carbocycles. The van der Waals surface area contributed by atoms with Crippen molar-refractivity contribution >= 4 is 47.6 Å². The monoisotopic (exact) mass is 438 g/mol. The van der Waals surface area contributed by atoms with Gasteiger partial charge in [-0.1, -0.05) is 13.8 Å². The van der Waals surface area contributed by atoms with Crippen LogP contribution >= 0.6 is 31.9 Å². The Balaban J connectivity index is 2.24. The average molecular weight is 440 g/mol. The lowest BCUT2D eigenvalue weighted by molar-refractivity contribution is 0.242. The normalized spacial score (nSPS) is 26.8. The van der Waals surface area contributed by atoms with Gasteiger partial charge in [0.05, 0.1) is 0 Å². The Hall–Kier alpha value is -0.110. The Labute approximate surface area is 143 Å². The Morgan fingerprint density at radius 3 is 2.24 bits per heavy atom. The molecule has 0 heterocycles. The third-order valence-corrected chi connectivity index (χ3v) is 7.61. The van der Waals surface area contributed by atoms with Crippen molar-refractivity contribution in [3.8, 4) is 0 Å². The van der Waals surface area contributed by atoms with Crippen molar-refractivity contribution in [1.29, 1.82) is 0 Å². The molecule has 1 saturated carbocycles. The maximum Gasteiger partial charge on any atom is 0.243 e. The van der Waals surface area contributed by atoms with Gasteiger partial charge in [-0.3, -0.25) is 0 Å². The Morgan fingerprint density at radius 1 is 1.14 bits per heavy atom. The number of anilines is 1. The van der Waals surface area contributed by atoms with E-state index in [2.05, 4.69) is 50.4 Å². The van der Waals surface area contributed by atoms with Crippen molar-refractivity contribution in [2.75, 3.05) is 5.73 Å². The average Bonchev–Trinajstić information content (AvgIpc) is 2.31. The number of sulfonamides is 1. The van der Waals surface area contributed by atoms with E-state index in [-0.39, 0.29) is 10.9 Å². The fourth-order valence-electron chi connectivity index (χ4n) is 2.77. The van der Waals surface area contributed by atoms with E-state index in [1.807, 2.05) is 0 Å². The number of rotatable bonds is 3. The van der Waals surface area contributed by atoms with Gasteiger partial charge in [-0.15, -0.1) is 0 Å². The molecule has 0 bridgehead atoms. The first-order valence-corrected chi connectivity index (χ1v) is 10.0. The summed E-state index contributed by atoms with van der Waals surface area (Å²) in [5.41, 5.74) is 6.22. The van der Waals surface area contributed by atoms with Crippen molar-refractivity contribution in [3.05, 3.63) is 21.1 Å². The lowest BCUT2D eigenvalue weighted by Crippen LogP contribution is -2.40. The molecule has 0 amide bonds. The van der Waals surface area contributed by atoms with Gasteiger partial charge in [0, 0.05) is 20.7 Å². The van der Waals surface area contributed by atoms with E-state index in [0.717, 1.165) is 19.3 Å². The van der Waals surface area contributed by atoms with Gasteiger partial charge in [-0.2, -0.15) is 0 Å². The summed E-state index contributed by atoms with van der Waals surface area (Å²) in [5, 5.41) is 0. The molecule has 7 heteroatoms. The summed E-state index contributed by atoms with van der Waals surface area (Å²) in [6, 6.07) is 3.20. The number of halogens is 2. The smallest absolute Gasteiger partial charge is 0.243 e. The summed E-state index contributed by atoms with van der Waals surface area (Å²) in [6.07, 6.45) is 2.82. The molecule has 3 unspecified atom stereocenters. The molecule has 0 saturated heterocycles. The Morgan fingerprint density at radius 2 is 1.71 bits per heavy atom. The van der Waals surface area contributed by atoms with Crippen molar-refractivity contribution in [3.63, 3.8) is 0 Å². The second-order valence-corrected chi connectivity index (χ2v) is 9.26. The second kappa shape index (κ2) is 6.56. The molecule has 1 aromatic carbocycles. The molecular formula is C14H20Br2N2O2S. The molecule has 2 rings (SSSR count). The zero-order valence-electron chi connectivity index (χ0n) is 12.1. The van der Waals surface area contributed by atoms with E-state index in [1.165, 1.54) is 0 Å². The Kier molecular flexibility index (Phi) is 5.39. The van der Waals surface area contributed by atoms with Crippen LogP contribution in [0.2, 0.25) is 0 Å². The molecule has 3 atom stereocenters. The van der Waals surface area contributed by atoms with Gasteiger partial charge < -0.3 is 5.73 Å². The van der Waals surface area contributed by atoms with Crippen LogP contribution in [0.3, 0.4) is 0 Å². The van der Waals surface area contributed by atoms with Gasteiger partial charge >= 0.3 is 0 Å². The molecule has 1 aliphatic rings. The molecule has 118 valence electrons. The summed E-state index contributed by atoms with van der Waals surface area (Å²) in [6.45, 7) is 4.41. The van der Waals surface area contributed by atoms with Gasteiger partial charge in [0.25, 0.3) is 0 Å². The van der Waals surface area contributed by atoms with Gasteiger partial charge in [0.1, 0.15) is 4.90 Å². The fourth-order valence-corrected chi connectivity index (χ4v) is 6.67. The fraction of sp³-hybridized carbons (Fsp3) is 0.571. The van der Waals surface area contributed by atoms with E-state index >= 15 is 0 Å². The predicted molar refractivity (Wildman–Crippen MR) is 92.5 cm³/mol. The van der Waals surface area contributed by atoms with Crippen LogP contribution in [-0.2, 0) is 10.0 Å². The maximum atomic E-state index is 12.6. The van der Waals surface area contributed by atoms with E-state index in [0.29, 0.717) is 26.5 Å². The summed E-state index contributed by atoms with van der Waals surface area (Å²) in [4.78, 5) is 0.211. The summed E-state index contributed by atoms with van der Waals surface area (Å²) in [7, 11) is -3.58. The molecule has 21 heavy (non-hydrogen) atoms. The molecular weight excluding hydrogens is 420 g/mol. The zero-order valence-corrected chi connectivity index (χ0v) is 16.1. The van der Waals surface area contributed by atoms with Crippen molar-refractivity contribution in [2.45, 2.75) is 44.0 Å². The van der Waals surface area contributed by atoms with Crippen molar-refractivity contribution < 1.29 is 8.42 Å². The van der Waals surface area contributed by atoms with Crippen LogP contribution in [-0.4, -0.2) is 14.5 Å². The van der Waals surface area contributed by atoms with Gasteiger partial charge in [0.15, 0.2) is 0 Å². The van der Waals surface area contributed by atoms with Gasteiger partial charge in [-0.25, -0.2) is 13.1 Å². The first kappa shape index (κ1) is 17.2. The Bertz CT molecular complexity index is 611. The van der Waals surface area contributed by atoms with E-state index in [1.54, 1.807) is 12.1 Å². The van der Waals surface area contributed by atoms with Crippen LogP contribution in [0.1, 0.15) is 33.1 Å². The van der Waals surface area contributed by atoms with Crippen molar-refractivity contribution in [1.82, 2.24) is 4.72 Å². The van der Waals surface area contributed by atoms with E-state index in [4.69, 9.17) is 5.73 Å². The highest BCUT2D eigenvalue weighted by atomic mass is 79.9. The summed E-state index contributed by atoms with van der Waals surface area (Å²) < 4.78 is 29.0. The molecule has 1 aromatic rings. The van der Waals surface area contributed by atoms with Gasteiger partial charge in [-0.05, 0) is 75.1 Å². The lowest BCUT2D eigenvalue weighted by atomic mass is 9.79. The highest BCUT2D eigenvalue weighted by Gasteiger charge is 2.30. The maximum absolute atomic E-state index is 12.6. The zero-order chi connectivity index (χ0) is 15.8. The molecule has 4 nitrogen and oxygen atoms in total. The predicted octanol–water partition coefficient (Wildman–Crippen LogP) is 3.90. The van der Waals surface area contributed by atoms with Crippen LogP contribution in [0.5, 0.6) is 0 Å². The number of nitrogen functional groups attached to an aromatic ring is 1. The summed E-state index contributed by atoms with van der Waals surface area (Å²) in [5.74, 6) is 1.19. The van der Waals surface area contributed by atoms with E-state index in [9.17, 15) is 8.42 Å². The van der Waals surface area contributed by atoms with Crippen LogP contribution < -0.4 is 10.5 Å². The van der Waals surface area contributed by atoms with E-state index < -0.39 is 10.0 Å². The third-order valence-electron chi connectivity index (χ3n) is 4.21. The lowest BCUT2D eigenvalue weighted by Gasteiger charge is -2.32. The second-order valence-electron chi connectivity index (χ2n) is 5.90. The molecule has 0 aromatic heterocycles. The molecule has 3 N–H and O–H groups in total. The first-order chi connectivity index (χ1) is 9.70. The van der Waals surface area contributed by atoms with Crippen LogP contribution in [0.4, 0.5) is 5.69 Å². The minimum Gasteiger partial charge on any atom is -0.399 e. The number of nitrogens with one attached hydrogen (secondary N) is 1. The summed E-state index contributed by atoms with van der Waals surface area (Å²) >= 11 is 6.58. The standard InChI is InChI=1S/C14H20Br2N2O2S/c1-8-3-4-11(5-9(8)2)18-21(19,20)14-12(15)6-10(17)7-13(14)16/h6-9,11,18H,3-5,17H2,1-2H3. The largest absolute Gasteiger partial charge is 0.399 e. The molecule has 1 fully saturated rings. The minimum absolute atomic E-state index is 0.00227. The minimum atomic E-state index is -3.58.